The topological polar surface area (TPSA) is 69.7 Å². The number of para-hydroxylation sites is 1. The number of carbonyl (C=O) groups excluding carboxylic acids is 1. The van der Waals surface area contributed by atoms with Crippen LogP contribution >= 0.6 is 11.6 Å². The van der Waals surface area contributed by atoms with Crippen LogP contribution in [0.5, 0.6) is 0 Å². The highest BCUT2D eigenvalue weighted by atomic mass is 35.5. The van der Waals surface area contributed by atoms with E-state index in [1.807, 2.05) is 11.8 Å². The van der Waals surface area contributed by atoms with Crippen molar-refractivity contribution in [1.82, 2.24) is 4.31 Å². The van der Waals surface area contributed by atoms with Gasteiger partial charge in [-0.05, 0) is 61.9 Å². The van der Waals surface area contributed by atoms with Crippen LogP contribution < -0.4 is 10.2 Å². The lowest BCUT2D eigenvalue weighted by Gasteiger charge is -2.30. The molecule has 1 N–H and O–H groups in total. The van der Waals surface area contributed by atoms with Gasteiger partial charge >= 0.3 is 0 Å². The maximum absolute atomic E-state index is 14.6. The van der Waals surface area contributed by atoms with E-state index in [0.717, 1.165) is 38.8 Å². The molecule has 2 aliphatic rings. The molecule has 1 unspecified atom stereocenters. The van der Waals surface area contributed by atoms with Crippen LogP contribution in [0.3, 0.4) is 0 Å². The Bertz CT molecular complexity index is 1120. The molecule has 0 radical (unpaired) electrons. The van der Waals surface area contributed by atoms with E-state index in [9.17, 15) is 17.6 Å². The average Bonchev–Trinajstić information content (AvgIpc) is 3.30. The van der Waals surface area contributed by atoms with Crippen molar-refractivity contribution in [2.75, 3.05) is 36.4 Å². The third-order valence-corrected chi connectivity index (χ3v) is 8.45. The Morgan fingerprint density at radius 1 is 1.12 bits per heavy atom. The second-order valence-corrected chi connectivity index (χ2v) is 10.9. The quantitative estimate of drug-likeness (QED) is 0.671. The highest BCUT2D eigenvalue weighted by molar-refractivity contribution is 7.89. The molecule has 2 saturated heterocycles. The summed E-state index contributed by atoms with van der Waals surface area (Å²) in [6, 6.07) is 8.82. The van der Waals surface area contributed by atoms with Crippen LogP contribution in [0.4, 0.5) is 15.8 Å². The average molecular weight is 480 g/mol. The van der Waals surface area contributed by atoms with Crippen molar-refractivity contribution in [2.45, 2.75) is 37.5 Å². The van der Waals surface area contributed by atoms with Crippen molar-refractivity contribution in [1.29, 1.82) is 0 Å². The van der Waals surface area contributed by atoms with Gasteiger partial charge in [0.1, 0.15) is 16.4 Å². The first-order chi connectivity index (χ1) is 15.3. The molecular weight excluding hydrogens is 453 g/mol. The van der Waals surface area contributed by atoms with Gasteiger partial charge in [-0.2, -0.15) is 4.31 Å². The molecule has 9 heteroatoms. The first-order valence-electron chi connectivity index (χ1n) is 10.9. The fraction of sp³-hybridized carbons (Fsp3) is 0.435. The summed E-state index contributed by atoms with van der Waals surface area (Å²) in [5.74, 6) is -0.864. The number of anilines is 2. The van der Waals surface area contributed by atoms with E-state index in [1.54, 1.807) is 12.1 Å². The minimum absolute atomic E-state index is 0.0587. The second kappa shape index (κ2) is 9.37. The van der Waals surface area contributed by atoms with E-state index < -0.39 is 21.7 Å². The second-order valence-electron chi connectivity index (χ2n) is 8.54. The summed E-state index contributed by atoms with van der Waals surface area (Å²) >= 11 is 6.23. The van der Waals surface area contributed by atoms with Crippen LogP contribution in [0.2, 0.25) is 5.02 Å². The van der Waals surface area contributed by atoms with Gasteiger partial charge < -0.3 is 10.2 Å². The summed E-state index contributed by atoms with van der Waals surface area (Å²) in [5.41, 5.74) is 0.831. The number of piperidine rings is 1. The van der Waals surface area contributed by atoms with Crippen LogP contribution in [0.15, 0.2) is 41.3 Å². The zero-order chi connectivity index (χ0) is 22.9. The van der Waals surface area contributed by atoms with E-state index in [1.165, 1.54) is 28.6 Å². The monoisotopic (exact) mass is 479 g/mol. The number of nitrogens with one attached hydrogen (secondary N) is 1. The maximum atomic E-state index is 14.6. The van der Waals surface area contributed by atoms with Crippen molar-refractivity contribution in [3.8, 4) is 0 Å². The minimum atomic E-state index is -3.84. The molecular formula is C23H27ClFN3O3S. The molecule has 2 aromatic carbocycles. The Balaban J connectivity index is 1.63. The van der Waals surface area contributed by atoms with Gasteiger partial charge in [-0.3, -0.25) is 4.79 Å². The number of hydrogen-bond acceptors (Lipinski definition) is 4. The minimum Gasteiger partial charge on any atom is -0.370 e. The Labute approximate surface area is 193 Å². The summed E-state index contributed by atoms with van der Waals surface area (Å²) < 4.78 is 42.5. The van der Waals surface area contributed by atoms with Gasteiger partial charge in [-0.25, -0.2) is 12.8 Å². The highest BCUT2D eigenvalue weighted by Crippen LogP contribution is 2.33. The third kappa shape index (κ3) is 4.63. The Hall–Kier alpha value is -2.16. The molecule has 0 bridgehead atoms. The number of halogens is 2. The molecule has 0 aromatic heterocycles. The number of nitrogens with zero attached hydrogens (tertiary/aromatic N) is 2. The third-order valence-electron chi connectivity index (χ3n) is 6.11. The molecule has 0 saturated carbocycles. The molecule has 1 atom stereocenters. The number of carbonyl (C=O) groups is 1. The number of benzene rings is 2. The van der Waals surface area contributed by atoms with Crippen molar-refractivity contribution in [3.05, 3.63) is 52.8 Å². The Morgan fingerprint density at radius 3 is 2.59 bits per heavy atom. The number of hydrogen-bond donors (Lipinski definition) is 1. The van der Waals surface area contributed by atoms with Crippen LogP contribution in [-0.4, -0.2) is 44.8 Å². The highest BCUT2D eigenvalue weighted by Gasteiger charge is 2.31. The van der Waals surface area contributed by atoms with Crippen LogP contribution in [0.25, 0.3) is 0 Å². The zero-order valence-corrected chi connectivity index (χ0v) is 19.6. The fourth-order valence-electron chi connectivity index (χ4n) is 4.39. The molecule has 0 spiro atoms. The number of amides is 1. The molecule has 0 aliphatic carbocycles. The summed E-state index contributed by atoms with van der Waals surface area (Å²) in [6.45, 7) is 4.45. The summed E-state index contributed by atoms with van der Waals surface area (Å²) in [5, 5.41) is 2.71. The van der Waals surface area contributed by atoms with E-state index >= 15 is 0 Å². The van der Waals surface area contributed by atoms with Gasteiger partial charge in [0.05, 0.1) is 10.7 Å². The molecule has 172 valence electrons. The van der Waals surface area contributed by atoms with Crippen LogP contribution in [0, 0.1) is 11.7 Å². The largest absolute Gasteiger partial charge is 0.370 e. The Morgan fingerprint density at radius 2 is 1.88 bits per heavy atom. The summed E-state index contributed by atoms with van der Waals surface area (Å²) in [4.78, 5) is 14.9. The standard InChI is InChI=1S/C23H27ClFN3O3S/c1-16-6-5-13-28(15-16)32(30,31)21-14-17(9-10-18(21)24)23(29)26-22-19(25)7-4-8-20(22)27-11-2-3-12-27/h4,7-10,14,16H,2-3,5-6,11-13,15H2,1H3,(H,26,29). The lowest BCUT2D eigenvalue weighted by molar-refractivity contribution is 0.102. The smallest absolute Gasteiger partial charge is 0.255 e. The van der Waals surface area contributed by atoms with E-state index in [0.29, 0.717) is 18.8 Å². The predicted molar refractivity (Wildman–Crippen MR) is 124 cm³/mol. The van der Waals surface area contributed by atoms with E-state index in [4.69, 9.17) is 11.6 Å². The van der Waals surface area contributed by atoms with Gasteiger partial charge in [0.2, 0.25) is 10.0 Å². The molecule has 2 heterocycles. The number of sulfonamides is 1. The molecule has 2 aromatic rings. The van der Waals surface area contributed by atoms with Gasteiger partial charge in [-0.1, -0.05) is 24.6 Å². The lowest BCUT2D eigenvalue weighted by atomic mass is 10.0. The van der Waals surface area contributed by atoms with E-state index in [2.05, 4.69) is 5.32 Å². The molecule has 2 fully saturated rings. The van der Waals surface area contributed by atoms with Gasteiger partial charge in [0.15, 0.2) is 0 Å². The zero-order valence-electron chi connectivity index (χ0n) is 18.0. The molecule has 6 nitrogen and oxygen atoms in total. The fourth-order valence-corrected chi connectivity index (χ4v) is 6.49. The van der Waals surface area contributed by atoms with Crippen molar-refractivity contribution in [2.24, 2.45) is 5.92 Å². The SMILES string of the molecule is CC1CCCN(S(=O)(=O)c2cc(C(=O)Nc3c(F)cccc3N3CCCC3)ccc2Cl)C1. The normalized spacial score (nSPS) is 19.8. The van der Waals surface area contributed by atoms with Gasteiger partial charge in [-0.15, -0.1) is 0 Å². The maximum Gasteiger partial charge on any atom is 0.255 e. The van der Waals surface area contributed by atoms with Crippen molar-refractivity contribution < 1.29 is 17.6 Å². The van der Waals surface area contributed by atoms with Crippen LogP contribution in [-0.2, 0) is 10.0 Å². The number of rotatable bonds is 5. The van der Waals surface area contributed by atoms with Gasteiger partial charge in [0, 0.05) is 31.7 Å². The molecule has 2 aliphatic heterocycles. The van der Waals surface area contributed by atoms with Crippen molar-refractivity contribution in [3.63, 3.8) is 0 Å². The first kappa shape index (κ1) is 23.0. The lowest BCUT2D eigenvalue weighted by Crippen LogP contribution is -2.39. The predicted octanol–water partition coefficient (Wildman–Crippen LogP) is 4.75. The summed E-state index contributed by atoms with van der Waals surface area (Å²) in [6.07, 6.45) is 3.78. The van der Waals surface area contributed by atoms with Crippen molar-refractivity contribution >= 4 is 38.9 Å². The van der Waals surface area contributed by atoms with Gasteiger partial charge in [0.25, 0.3) is 5.91 Å². The molecule has 1 amide bonds. The van der Waals surface area contributed by atoms with Crippen LogP contribution in [0.1, 0.15) is 43.0 Å². The molecule has 4 rings (SSSR count). The Kier molecular flexibility index (Phi) is 6.74. The van der Waals surface area contributed by atoms with E-state index in [-0.39, 0.29) is 27.1 Å². The molecule has 32 heavy (non-hydrogen) atoms. The summed E-state index contributed by atoms with van der Waals surface area (Å²) in [7, 11) is -3.84. The first-order valence-corrected chi connectivity index (χ1v) is 12.7.